The second-order valence-corrected chi connectivity index (χ2v) is 7.05. The number of aromatic nitrogens is 3. The Kier molecular flexibility index (Phi) is 6.29. The number of hydrogen-bond acceptors (Lipinski definition) is 5. The smallest absolute Gasteiger partial charge is 0.209 e. The number of carbonyl (C=O) groups is 1. The molecule has 27 heavy (non-hydrogen) atoms. The molecule has 2 aromatic carbocycles. The van der Waals surface area contributed by atoms with Crippen LogP contribution in [-0.2, 0) is 12.8 Å². The first-order valence-electron chi connectivity index (χ1n) is 8.99. The summed E-state index contributed by atoms with van der Waals surface area (Å²) in [5.74, 6) is 1.90. The molecule has 0 aliphatic heterocycles. The summed E-state index contributed by atoms with van der Waals surface area (Å²) < 4.78 is 5.16. The van der Waals surface area contributed by atoms with Crippen molar-refractivity contribution >= 4 is 17.5 Å². The van der Waals surface area contributed by atoms with Crippen molar-refractivity contribution < 1.29 is 9.53 Å². The summed E-state index contributed by atoms with van der Waals surface area (Å²) in [6.45, 7) is 4.17. The normalized spacial score (nSPS) is 10.8. The molecule has 0 bridgehead atoms. The van der Waals surface area contributed by atoms with Crippen molar-refractivity contribution in [3.8, 4) is 17.1 Å². The highest BCUT2D eigenvalue weighted by molar-refractivity contribution is 7.99. The summed E-state index contributed by atoms with van der Waals surface area (Å²) >= 11 is 1.35. The molecule has 0 radical (unpaired) electrons. The maximum absolute atomic E-state index is 12.7. The van der Waals surface area contributed by atoms with E-state index in [1.165, 1.54) is 17.3 Å². The van der Waals surface area contributed by atoms with E-state index in [2.05, 4.69) is 41.2 Å². The number of benzene rings is 2. The molecule has 1 aromatic heterocycles. The number of Topliss-reactive ketones (excluding diaryl/α,β-unsaturated/α-hetero) is 1. The van der Waals surface area contributed by atoms with E-state index < -0.39 is 0 Å². The van der Waals surface area contributed by atoms with E-state index >= 15 is 0 Å². The van der Waals surface area contributed by atoms with Gasteiger partial charge < -0.3 is 4.74 Å². The molecule has 3 rings (SSSR count). The predicted octanol–water partition coefficient (Wildman–Crippen LogP) is 4.58. The van der Waals surface area contributed by atoms with E-state index in [1.54, 1.807) is 7.11 Å². The maximum atomic E-state index is 12.7. The summed E-state index contributed by atoms with van der Waals surface area (Å²) in [5.41, 5.74) is 4.01. The van der Waals surface area contributed by atoms with Gasteiger partial charge in [-0.15, -0.1) is 5.10 Å². The van der Waals surface area contributed by atoms with E-state index in [-0.39, 0.29) is 5.78 Å². The minimum atomic E-state index is 0.114. The zero-order valence-electron chi connectivity index (χ0n) is 15.8. The lowest BCUT2D eigenvalue weighted by molar-refractivity contribution is 0.102. The predicted molar refractivity (Wildman–Crippen MR) is 109 cm³/mol. The molecule has 140 valence electrons. The summed E-state index contributed by atoms with van der Waals surface area (Å²) in [7, 11) is 1.63. The van der Waals surface area contributed by atoms with Gasteiger partial charge in [-0.3, -0.25) is 9.89 Å². The third-order valence-corrected chi connectivity index (χ3v) is 5.27. The van der Waals surface area contributed by atoms with Crippen LogP contribution >= 0.6 is 11.8 Å². The van der Waals surface area contributed by atoms with Crippen molar-refractivity contribution in [1.82, 2.24) is 15.2 Å². The van der Waals surface area contributed by atoms with Gasteiger partial charge in [-0.25, -0.2) is 4.98 Å². The molecular formula is C21H23N3O2S. The Bertz CT molecular complexity index is 919. The summed E-state index contributed by atoms with van der Waals surface area (Å²) in [5, 5.41) is 7.72. The van der Waals surface area contributed by atoms with Gasteiger partial charge >= 0.3 is 0 Å². The molecule has 6 heteroatoms. The number of aryl methyl sites for hydroxylation is 2. The molecule has 1 heterocycles. The number of ketones is 1. The van der Waals surface area contributed by atoms with Crippen LogP contribution in [0.4, 0.5) is 0 Å². The number of hydrogen-bond donors (Lipinski definition) is 1. The Labute approximate surface area is 163 Å². The van der Waals surface area contributed by atoms with E-state index in [0.717, 1.165) is 35.3 Å². The molecular weight excluding hydrogens is 358 g/mol. The van der Waals surface area contributed by atoms with Gasteiger partial charge in [0.2, 0.25) is 5.16 Å². The van der Waals surface area contributed by atoms with Crippen LogP contribution in [-0.4, -0.2) is 33.8 Å². The van der Waals surface area contributed by atoms with Gasteiger partial charge in [-0.2, -0.15) is 0 Å². The Morgan fingerprint density at radius 1 is 1.11 bits per heavy atom. The largest absolute Gasteiger partial charge is 0.497 e. The van der Waals surface area contributed by atoms with E-state index in [4.69, 9.17) is 4.74 Å². The average Bonchev–Trinajstić information content (AvgIpc) is 3.20. The molecule has 0 unspecified atom stereocenters. The van der Waals surface area contributed by atoms with E-state index in [1.807, 2.05) is 30.3 Å². The molecule has 0 saturated carbocycles. The van der Waals surface area contributed by atoms with Crippen LogP contribution in [0.25, 0.3) is 11.4 Å². The fraction of sp³-hybridized carbons (Fsp3) is 0.286. The highest BCUT2D eigenvalue weighted by Gasteiger charge is 2.14. The molecule has 5 nitrogen and oxygen atoms in total. The Morgan fingerprint density at radius 3 is 2.56 bits per heavy atom. The highest BCUT2D eigenvalue weighted by atomic mass is 32.2. The lowest BCUT2D eigenvalue weighted by atomic mass is 9.98. The second kappa shape index (κ2) is 8.86. The van der Waals surface area contributed by atoms with Gasteiger partial charge in [-0.1, -0.05) is 37.7 Å². The summed E-state index contributed by atoms with van der Waals surface area (Å²) in [6.07, 6.45) is 1.77. The monoisotopic (exact) mass is 381 g/mol. The molecule has 0 spiro atoms. The van der Waals surface area contributed by atoms with Gasteiger partial charge in [-0.05, 0) is 54.3 Å². The molecule has 0 atom stereocenters. The quantitative estimate of drug-likeness (QED) is 0.457. The van der Waals surface area contributed by atoms with E-state index in [9.17, 15) is 4.79 Å². The fourth-order valence-corrected chi connectivity index (χ4v) is 3.49. The van der Waals surface area contributed by atoms with Crippen LogP contribution < -0.4 is 4.74 Å². The first-order chi connectivity index (χ1) is 13.1. The second-order valence-electron chi connectivity index (χ2n) is 6.11. The highest BCUT2D eigenvalue weighted by Crippen LogP contribution is 2.23. The Hall–Kier alpha value is -2.60. The summed E-state index contributed by atoms with van der Waals surface area (Å²) in [6, 6.07) is 13.8. The van der Waals surface area contributed by atoms with Gasteiger partial charge in [0.15, 0.2) is 11.6 Å². The van der Waals surface area contributed by atoms with Crippen LogP contribution in [0, 0.1) is 0 Å². The average molecular weight is 382 g/mol. The zero-order chi connectivity index (χ0) is 19.2. The van der Waals surface area contributed by atoms with Crippen LogP contribution in [0.2, 0.25) is 0 Å². The molecule has 0 saturated heterocycles. The van der Waals surface area contributed by atoms with E-state index in [0.29, 0.717) is 16.7 Å². The number of methoxy groups -OCH3 is 1. The van der Waals surface area contributed by atoms with Crippen LogP contribution in [0.3, 0.4) is 0 Å². The summed E-state index contributed by atoms with van der Waals surface area (Å²) in [4.78, 5) is 17.2. The molecule has 3 aromatic rings. The molecule has 1 N–H and O–H groups in total. The van der Waals surface area contributed by atoms with Crippen LogP contribution in [0.15, 0.2) is 47.6 Å². The number of nitrogens with zero attached hydrogens (tertiary/aromatic N) is 2. The first kappa shape index (κ1) is 19.2. The SMILES string of the molecule is CCc1ccc(CC)c(C(=O)CSc2n[nH]c(-c3ccc(OC)cc3)n2)c1. The van der Waals surface area contributed by atoms with Crippen molar-refractivity contribution in [2.75, 3.05) is 12.9 Å². The first-order valence-corrected chi connectivity index (χ1v) is 9.97. The molecule has 0 amide bonds. The number of rotatable bonds is 8. The lowest BCUT2D eigenvalue weighted by Gasteiger charge is -2.08. The molecule has 0 aliphatic carbocycles. The van der Waals surface area contributed by atoms with Gasteiger partial charge in [0, 0.05) is 11.1 Å². The lowest BCUT2D eigenvalue weighted by Crippen LogP contribution is -2.07. The maximum Gasteiger partial charge on any atom is 0.209 e. The number of nitrogens with one attached hydrogen (secondary N) is 1. The minimum Gasteiger partial charge on any atom is -0.497 e. The van der Waals surface area contributed by atoms with Gasteiger partial charge in [0.05, 0.1) is 12.9 Å². The Balaban J connectivity index is 1.68. The number of carbonyl (C=O) groups excluding carboxylic acids is 1. The standard InChI is InChI=1S/C21H23N3O2S/c1-4-14-6-7-15(5-2)18(12-14)19(25)13-27-21-22-20(23-24-21)16-8-10-17(26-3)11-9-16/h6-12H,4-5,13H2,1-3H3,(H,22,23,24). The third kappa shape index (κ3) is 4.57. The van der Waals surface area contributed by atoms with Gasteiger partial charge in [0.25, 0.3) is 0 Å². The van der Waals surface area contributed by atoms with Crippen molar-refractivity contribution in [3.63, 3.8) is 0 Å². The van der Waals surface area contributed by atoms with Crippen molar-refractivity contribution in [2.45, 2.75) is 31.8 Å². The van der Waals surface area contributed by atoms with Crippen molar-refractivity contribution in [3.05, 3.63) is 59.2 Å². The zero-order valence-corrected chi connectivity index (χ0v) is 16.6. The van der Waals surface area contributed by atoms with Gasteiger partial charge in [0.1, 0.15) is 5.75 Å². The number of thioether (sulfide) groups is 1. The number of ether oxygens (including phenoxy) is 1. The van der Waals surface area contributed by atoms with Crippen LogP contribution in [0.1, 0.15) is 35.3 Å². The van der Waals surface area contributed by atoms with Crippen molar-refractivity contribution in [2.24, 2.45) is 0 Å². The van der Waals surface area contributed by atoms with Crippen LogP contribution in [0.5, 0.6) is 5.75 Å². The fourth-order valence-electron chi connectivity index (χ4n) is 2.81. The van der Waals surface area contributed by atoms with Crippen molar-refractivity contribution in [1.29, 1.82) is 0 Å². The molecule has 0 fully saturated rings. The minimum absolute atomic E-state index is 0.114. The third-order valence-electron chi connectivity index (χ3n) is 4.42. The number of aromatic amines is 1. The molecule has 0 aliphatic rings. The topological polar surface area (TPSA) is 67.9 Å². The number of H-pyrrole nitrogens is 1. The Morgan fingerprint density at radius 2 is 1.89 bits per heavy atom.